The standard InChI is InChI=1S/C16H20N2O3S/c1-10(2)16(3,9-17)18-14(19)8-21-15(20)13-7-11-5-4-6-12(11)22-13/h7,10H,4-6,8H2,1-3H3,(H,18,19). The quantitative estimate of drug-likeness (QED) is 0.845. The van der Waals surface area contributed by atoms with Crippen molar-refractivity contribution in [3.8, 4) is 6.07 Å². The average molecular weight is 320 g/mol. The molecule has 1 heterocycles. The minimum absolute atomic E-state index is 0.0441. The first-order valence-electron chi connectivity index (χ1n) is 7.36. The van der Waals surface area contributed by atoms with E-state index in [2.05, 4.69) is 11.4 Å². The first-order chi connectivity index (χ1) is 10.4. The average Bonchev–Trinajstić information content (AvgIpc) is 3.05. The molecule has 0 radical (unpaired) electrons. The molecule has 0 aromatic carbocycles. The van der Waals surface area contributed by atoms with Crippen LogP contribution < -0.4 is 5.32 Å². The third kappa shape index (κ3) is 3.47. The second-order valence-electron chi connectivity index (χ2n) is 6.01. The number of carbonyl (C=O) groups is 2. The maximum absolute atomic E-state index is 12.0. The van der Waals surface area contributed by atoms with Crippen molar-refractivity contribution >= 4 is 23.2 Å². The van der Waals surface area contributed by atoms with Gasteiger partial charge in [-0.05, 0) is 43.7 Å². The molecule has 0 bridgehead atoms. The minimum Gasteiger partial charge on any atom is -0.451 e. The van der Waals surface area contributed by atoms with Crippen molar-refractivity contribution in [3.63, 3.8) is 0 Å². The zero-order chi connectivity index (χ0) is 16.3. The molecule has 1 aliphatic rings. The Morgan fingerprint density at radius 3 is 2.82 bits per heavy atom. The number of nitrogens with zero attached hydrogens (tertiary/aromatic N) is 1. The van der Waals surface area contributed by atoms with E-state index in [1.54, 1.807) is 6.92 Å². The monoisotopic (exact) mass is 320 g/mol. The van der Waals surface area contributed by atoms with Crippen LogP contribution >= 0.6 is 11.3 Å². The molecule has 0 aliphatic heterocycles. The van der Waals surface area contributed by atoms with E-state index in [0.29, 0.717) is 4.88 Å². The highest BCUT2D eigenvalue weighted by molar-refractivity contribution is 7.14. The van der Waals surface area contributed by atoms with E-state index in [1.165, 1.54) is 21.8 Å². The summed E-state index contributed by atoms with van der Waals surface area (Å²) in [5.74, 6) is -0.981. The van der Waals surface area contributed by atoms with Gasteiger partial charge in [0.05, 0.1) is 6.07 Å². The van der Waals surface area contributed by atoms with Gasteiger partial charge in [-0.1, -0.05) is 13.8 Å². The van der Waals surface area contributed by atoms with Crippen molar-refractivity contribution in [1.82, 2.24) is 5.32 Å². The Kier molecular flexibility index (Phi) is 4.87. The lowest BCUT2D eigenvalue weighted by Crippen LogP contribution is -2.50. The Morgan fingerprint density at radius 1 is 1.50 bits per heavy atom. The summed E-state index contributed by atoms with van der Waals surface area (Å²) in [5.41, 5.74) is 0.256. The Bertz CT molecular complexity index is 608. The van der Waals surface area contributed by atoms with Gasteiger partial charge >= 0.3 is 5.97 Å². The first kappa shape index (κ1) is 16.5. The first-order valence-corrected chi connectivity index (χ1v) is 8.18. The van der Waals surface area contributed by atoms with Crippen molar-refractivity contribution < 1.29 is 14.3 Å². The van der Waals surface area contributed by atoms with Crippen molar-refractivity contribution in [1.29, 1.82) is 5.26 Å². The Hall–Kier alpha value is -1.87. The van der Waals surface area contributed by atoms with E-state index in [4.69, 9.17) is 10.00 Å². The molecule has 1 aliphatic carbocycles. The second-order valence-corrected chi connectivity index (χ2v) is 7.14. The molecule has 6 heteroatoms. The fraction of sp³-hybridized carbons (Fsp3) is 0.562. The minimum atomic E-state index is -0.965. The molecule has 0 saturated heterocycles. The van der Waals surface area contributed by atoms with E-state index < -0.39 is 17.4 Å². The number of esters is 1. The van der Waals surface area contributed by atoms with Gasteiger partial charge in [0, 0.05) is 4.88 Å². The zero-order valence-corrected chi connectivity index (χ0v) is 13.9. The van der Waals surface area contributed by atoms with Gasteiger partial charge in [-0.25, -0.2) is 4.79 Å². The van der Waals surface area contributed by atoms with Crippen molar-refractivity contribution in [3.05, 3.63) is 21.4 Å². The smallest absolute Gasteiger partial charge is 0.348 e. The van der Waals surface area contributed by atoms with Gasteiger partial charge in [-0.2, -0.15) is 5.26 Å². The Morgan fingerprint density at radius 2 is 2.23 bits per heavy atom. The van der Waals surface area contributed by atoms with E-state index in [0.717, 1.165) is 19.3 Å². The molecule has 5 nitrogen and oxygen atoms in total. The molecule has 2 rings (SSSR count). The van der Waals surface area contributed by atoms with Gasteiger partial charge in [0.15, 0.2) is 6.61 Å². The van der Waals surface area contributed by atoms with Gasteiger partial charge in [0.1, 0.15) is 10.4 Å². The number of hydrogen-bond donors (Lipinski definition) is 1. The van der Waals surface area contributed by atoms with Crippen LogP contribution in [0, 0.1) is 17.2 Å². The van der Waals surface area contributed by atoms with Crippen molar-refractivity contribution in [2.75, 3.05) is 6.61 Å². The van der Waals surface area contributed by atoms with E-state index >= 15 is 0 Å². The number of carbonyl (C=O) groups excluding carboxylic acids is 2. The van der Waals surface area contributed by atoms with Gasteiger partial charge < -0.3 is 10.1 Å². The van der Waals surface area contributed by atoms with Crippen LogP contribution in [0.2, 0.25) is 0 Å². The lowest BCUT2D eigenvalue weighted by molar-refractivity contribution is -0.125. The summed E-state index contributed by atoms with van der Waals surface area (Å²) in [5, 5.41) is 11.8. The summed E-state index contributed by atoms with van der Waals surface area (Å²) in [4.78, 5) is 25.6. The van der Waals surface area contributed by atoms with Gasteiger partial charge in [0.2, 0.25) is 0 Å². The SMILES string of the molecule is CC(C)C(C)(C#N)NC(=O)COC(=O)c1cc2c(s1)CCC2. The maximum Gasteiger partial charge on any atom is 0.348 e. The van der Waals surface area contributed by atoms with Crippen LogP contribution in [0.4, 0.5) is 0 Å². The lowest BCUT2D eigenvalue weighted by atomic mass is 9.90. The summed E-state index contributed by atoms with van der Waals surface area (Å²) in [7, 11) is 0. The largest absolute Gasteiger partial charge is 0.451 e. The molecule has 1 atom stereocenters. The molecule has 1 aromatic rings. The van der Waals surface area contributed by atoms with Gasteiger partial charge in [0.25, 0.3) is 5.91 Å². The highest BCUT2D eigenvalue weighted by atomic mass is 32.1. The molecule has 118 valence electrons. The highest BCUT2D eigenvalue weighted by Gasteiger charge is 2.30. The number of thiophene rings is 1. The van der Waals surface area contributed by atoms with Crippen LogP contribution in [0.3, 0.4) is 0 Å². The van der Waals surface area contributed by atoms with Crippen LogP contribution in [-0.2, 0) is 22.4 Å². The molecular weight excluding hydrogens is 300 g/mol. The van der Waals surface area contributed by atoms with Crippen LogP contribution in [-0.4, -0.2) is 24.0 Å². The fourth-order valence-electron chi connectivity index (χ4n) is 2.26. The molecule has 22 heavy (non-hydrogen) atoms. The summed E-state index contributed by atoms with van der Waals surface area (Å²) in [6.07, 6.45) is 3.16. The molecule has 0 spiro atoms. The summed E-state index contributed by atoms with van der Waals surface area (Å²) >= 11 is 1.45. The molecule has 1 N–H and O–H groups in total. The number of hydrogen-bond acceptors (Lipinski definition) is 5. The number of aryl methyl sites for hydroxylation is 2. The third-order valence-corrected chi connectivity index (χ3v) is 5.29. The molecule has 0 fully saturated rings. The predicted molar refractivity (Wildman–Crippen MR) is 83.6 cm³/mol. The summed E-state index contributed by atoms with van der Waals surface area (Å²) in [6.45, 7) is 4.98. The number of rotatable bonds is 5. The zero-order valence-electron chi connectivity index (χ0n) is 13.1. The molecule has 1 amide bonds. The van der Waals surface area contributed by atoms with E-state index in [1.807, 2.05) is 19.9 Å². The van der Waals surface area contributed by atoms with Crippen LogP contribution in [0.25, 0.3) is 0 Å². The second kappa shape index (κ2) is 6.49. The maximum atomic E-state index is 12.0. The molecular formula is C16H20N2O3S. The topological polar surface area (TPSA) is 79.2 Å². The van der Waals surface area contributed by atoms with Crippen molar-refractivity contribution in [2.24, 2.45) is 5.92 Å². The summed E-state index contributed by atoms with van der Waals surface area (Å²) < 4.78 is 5.05. The van der Waals surface area contributed by atoms with Crippen LogP contribution in [0.15, 0.2) is 6.07 Å². The summed E-state index contributed by atoms with van der Waals surface area (Å²) in [6, 6.07) is 3.95. The van der Waals surface area contributed by atoms with E-state index in [9.17, 15) is 9.59 Å². The van der Waals surface area contributed by atoms with Crippen molar-refractivity contribution in [2.45, 2.75) is 45.6 Å². The number of amides is 1. The molecule has 1 unspecified atom stereocenters. The third-order valence-electron chi connectivity index (χ3n) is 4.07. The Balaban J connectivity index is 1.88. The van der Waals surface area contributed by atoms with Gasteiger partial charge in [-0.3, -0.25) is 4.79 Å². The fourth-order valence-corrected chi connectivity index (χ4v) is 3.41. The molecule has 1 aromatic heterocycles. The number of nitrogens with one attached hydrogen (secondary N) is 1. The number of ether oxygens (including phenoxy) is 1. The predicted octanol–water partition coefficient (Wildman–Crippen LogP) is 2.45. The van der Waals surface area contributed by atoms with Crippen LogP contribution in [0.1, 0.15) is 47.3 Å². The van der Waals surface area contributed by atoms with Crippen LogP contribution in [0.5, 0.6) is 0 Å². The highest BCUT2D eigenvalue weighted by Crippen LogP contribution is 2.30. The Labute approximate surface area is 134 Å². The lowest BCUT2D eigenvalue weighted by Gasteiger charge is -2.27. The van der Waals surface area contributed by atoms with Gasteiger partial charge in [-0.15, -0.1) is 11.3 Å². The van der Waals surface area contributed by atoms with E-state index in [-0.39, 0.29) is 12.5 Å². The number of fused-ring (bicyclic) bond motifs is 1. The normalized spacial score (nSPS) is 15.8. The molecule has 0 saturated carbocycles. The number of nitriles is 1.